The van der Waals surface area contributed by atoms with E-state index >= 15 is 0 Å². The van der Waals surface area contributed by atoms with Gasteiger partial charge in [-0.2, -0.15) is 0 Å². The molecule has 1 aromatic heterocycles. The van der Waals surface area contributed by atoms with Crippen LogP contribution in [-0.2, 0) is 11.8 Å². The highest BCUT2D eigenvalue weighted by molar-refractivity contribution is 6.00. The molecule has 1 N–H and O–H groups in total. The zero-order valence-electron chi connectivity index (χ0n) is 12.5. The van der Waals surface area contributed by atoms with E-state index in [9.17, 15) is 14.7 Å². The standard InChI is InChI=1S/C15H18N2O4/c1-5-21-15(20)12-13(18)10-8-9(16(2)3)6-7-11(10)17(4)14(12)19/h6-8,18H,5H2,1-4H3. The molecular weight excluding hydrogens is 272 g/mol. The van der Waals surface area contributed by atoms with Crippen molar-refractivity contribution >= 4 is 22.6 Å². The average Bonchev–Trinajstić information content (AvgIpc) is 2.44. The van der Waals surface area contributed by atoms with Crippen LogP contribution in [0.5, 0.6) is 5.75 Å². The Bertz CT molecular complexity index is 762. The fourth-order valence-corrected chi connectivity index (χ4v) is 2.18. The summed E-state index contributed by atoms with van der Waals surface area (Å²) in [6, 6.07) is 5.30. The summed E-state index contributed by atoms with van der Waals surface area (Å²) in [6.45, 7) is 1.78. The molecule has 0 saturated heterocycles. The van der Waals surface area contributed by atoms with Crippen LogP contribution in [0.25, 0.3) is 10.9 Å². The monoisotopic (exact) mass is 290 g/mol. The number of ether oxygens (including phenoxy) is 1. The van der Waals surface area contributed by atoms with Gasteiger partial charge in [0.15, 0.2) is 5.56 Å². The lowest BCUT2D eigenvalue weighted by molar-refractivity contribution is 0.0520. The van der Waals surface area contributed by atoms with Gasteiger partial charge in [0.25, 0.3) is 5.56 Å². The molecule has 0 atom stereocenters. The third kappa shape index (κ3) is 2.44. The van der Waals surface area contributed by atoms with Crippen LogP contribution in [0.2, 0.25) is 0 Å². The molecule has 0 radical (unpaired) electrons. The van der Waals surface area contributed by atoms with Crippen LogP contribution < -0.4 is 10.5 Å². The second-order valence-electron chi connectivity index (χ2n) is 4.90. The predicted molar refractivity (Wildman–Crippen MR) is 81.1 cm³/mol. The fourth-order valence-electron chi connectivity index (χ4n) is 2.18. The molecule has 0 spiro atoms. The van der Waals surface area contributed by atoms with Crippen molar-refractivity contribution in [2.24, 2.45) is 7.05 Å². The van der Waals surface area contributed by atoms with Crippen molar-refractivity contribution in [3.8, 4) is 5.75 Å². The SMILES string of the molecule is CCOC(=O)c1c(O)c2cc(N(C)C)ccc2n(C)c1=O. The first-order valence-electron chi connectivity index (χ1n) is 6.58. The molecule has 6 nitrogen and oxygen atoms in total. The van der Waals surface area contributed by atoms with Gasteiger partial charge in [-0.3, -0.25) is 4.79 Å². The topological polar surface area (TPSA) is 71.8 Å². The Labute approximate surface area is 122 Å². The van der Waals surface area contributed by atoms with Gasteiger partial charge >= 0.3 is 5.97 Å². The van der Waals surface area contributed by atoms with E-state index in [0.29, 0.717) is 10.9 Å². The largest absolute Gasteiger partial charge is 0.506 e. The molecule has 0 unspecified atom stereocenters. The minimum atomic E-state index is -0.812. The molecule has 0 amide bonds. The quantitative estimate of drug-likeness (QED) is 0.867. The van der Waals surface area contributed by atoms with Gasteiger partial charge in [0.1, 0.15) is 5.75 Å². The minimum Gasteiger partial charge on any atom is -0.506 e. The van der Waals surface area contributed by atoms with Gasteiger partial charge < -0.3 is 19.3 Å². The van der Waals surface area contributed by atoms with Crippen LogP contribution in [0.1, 0.15) is 17.3 Å². The van der Waals surface area contributed by atoms with Crippen LogP contribution in [-0.4, -0.2) is 36.3 Å². The lowest BCUT2D eigenvalue weighted by Gasteiger charge is -2.16. The second-order valence-corrected chi connectivity index (χ2v) is 4.90. The van der Waals surface area contributed by atoms with E-state index in [-0.39, 0.29) is 17.9 Å². The van der Waals surface area contributed by atoms with Crippen LogP contribution in [0, 0.1) is 0 Å². The second kappa shape index (κ2) is 5.47. The molecule has 0 bridgehead atoms. The van der Waals surface area contributed by atoms with Crippen molar-refractivity contribution < 1.29 is 14.6 Å². The lowest BCUT2D eigenvalue weighted by atomic mass is 10.1. The summed E-state index contributed by atoms with van der Waals surface area (Å²) >= 11 is 0. The maximum atomic E-state index is 12.2. The first kappa shape index (κ1) is 14.9. The summed E-state index contributed by atoms with van der Waals surface area (Å²) in [5.74, 6) is -1.15. The van der Waals surface area contributed by atoms with E-state index in [1.165, 1.54) is 4.57 Å². The number of aromatic nitrogens is 1. The molecular formula is C15H18N2O4. The lowest BCUT2D eigenvalue weighted by Crippen LogP contribution is -2.26. The molecule has 6 heteroatoms. The van der Waals surface area contributed by atoms with Crippen molar-refractivity contribution in [1.29, 1.82) is 0 Å². The van der Waals surface area contributed by atoms with Gasteiger partial charge in [-0.05, 0) is 25.1 Å². The van der Waals surface area contributed by atoms with E-state index in [1.54, 1.807) is 26.1 Å². The van der Waals surface area contributed by atoms with Gasteiger partial charge in [-0.25, -0.2) is 4.79 Å². The number of benzene rings is 1. The number of carbonyl (C=O) groups excluding carboxylic acids is 1. The summed E-state index contributed by atoms with van der Waals surface area (Å²) in [6.07, 6.45) is 0. The van der Waals surface area contributed by atoms with Crippen molar-refractivity contribution in [1.82, 2.24) is 4.57 Å². The number of carbonyl (C=O) groups is 1. The fraction of sp³-hybridized carbons (Fsp3) is 0.333. The van der Waals surface area contributed by atoms with E-state index in [2.05, 4.69) is 0 Å². The third-order valence-corrected chi connectivity index (χ3v) is 3.35. The number of hydrogen-bond donors (Lipinski definition) is 1. The number of aromatic hydroxyl groups is 1. The molecule has 1 heterocycles. The highest BCUT2D eigenvalue weighted by Crippen LogP contribution is 2.29. The summed E-state index contributed by atoms with van der Waals surface area (Å²) in [4.78, 5) is 26.0. The molecule has 1 aromatic carbocycles. The Hall–Kier alpha value is -2.50. The van der Waals surface area contributed by atoms with E-state index in [4.69, 9.17) is 4.74 Å². The first-order chi connectivity index (χ1) is 9.88. The number of aryl methyl sites for hydroxylation is 1. The summed E-state index contributed by atoms with van der Waals surface area (Å²) in [7, 11) is 5.29. The van der Waals surface area contributed by atoms with Crippen molar-refractivity contribution in [2.75, 3.05) is 25.6 Å². The Balaban J connectivity index is 2.82. The zero-order chi connectivity index (χ0) is 15.7. The van der Waals surface area contributed by atoms with Crippen LogP contribution in [0.4, 0.5) is 5.69 Å². The smallest absolute Gasteiger partial charge is 0.347 e. The number of hydrogen-bond acceptors (Lipinski definition) is 5. The van der Waals surface area contributed by atoms with E-state index in [0.717, 1.165) is 5.69 Å². The number of pyridine rings is 1. The van der Waals surface area contributed by atoms with Crippen LogP contribution >= 0.6 is 0 Å². The Kier molecular flexibility index (Phi) is 3.88. The minimum absolute atomic E-state index is 0.136. The first-order valence-corrected chi connectivity index (χ1v) is 6.58. The highest BCUT2D eigenvalue weighted by Gasteiger charge is 2.22. The normalized spacial score (nSPS) is 10.7. The van der Waals surface area contributed by atoms with Crippen LogP contribution in [0.15, 0.2) is 23.0 Å². The Morgan fingerprint density at radius 1 is 1.38 bits per heavy atom. The maximum absolute atomic E-state index is 12.2. The van der Waals surface area contributed by atoms with E-state index in [1.807, 2.05) is 25.1 Å². The van der Waals surface area contributed by atoms with Gasteiger partial charge in [0.05, 0.1) is 12.1 Å². The summed E-state index contributed by atoms with van der Waals surface area (Å²) < 4.78 is 6.18. The summed E-state index contributed by atoms with van der Waals surface area (Å²) in [5, 5.41) is 10.8. The number of nitrogens with zero attached hydrogens (tertiary/aromatic N) is 2. The molecule has 0 aliphatic rings. The molecule has 0 aliphatic heterocycles. The third-order valence-electron chi connectivity index (χ3n) is 3.35. The average molecular weight is 290 g/mol. The number of anilines is 1. The van der Waals surface area contributed by atoms with Crippen molar-refractivity contribution in [2.45, 2.75) is 6.92 Å². The molecule has 0 fully saturated rings. The molecule has 2 aromatic rings. The summed E-state index contributed by atoms with van der Waals surface area (Å²) in [5.41, 5.74) is 0.501. The predicted octanol–water partition coefficient (Wildman–Crippen LogP) is 1.49. The van der Waals surface area contributed by atoms with Crippen molar-refractivity contribution in [3.63, 3.8) is 0 Å². The van der Waals surface area contributed by atoms with E-state index < -0.39 is 11.5 Å². The van der Waals surface area contributed by atoms with Gasteiger partial charge in [0, 0.05) is 32.2 Å². The number of esters is 1. The molecule has 112 valence electrons. The Morgan fingerprint density at radius 3 is 2.62 bits per heavy atom. The number of fused-ring (bicyclic) bond motifs is 1. The molecule has 0 saturated carbocycles. The van der Waals surface area contributed by atoms with Gasteiger partial charge in [0.2, 0.25) is 0 Å². The molecule has 2 rings (SSSR count). The van der Waals surface area contributed by atoms with Crippen molar-refractivity contribution in [3.05, 3.63) is 34.1 Å². The highest BCUT2D eigenvalue weighted by atomic mass is 16.5. The number of rotatable bonds is 3. The molecule has 0 aliphatic carbocycles. The van der Waals surface area contributed by atoms with Gasteiger partial charge in [-0.1, -0.05) is 0 Å². The zero-order valence-corrected chi connectivity index (χ0v) is 12.5. The molecule has 21 heavy (non-hydrogen) atoms. The van der Waals surface area contributed by atoms with Gasteiger partial charge in [-0.15, -0.1) is 0 Å². The maximum Gasteiger partial charge on any atom is 0.347 e. The Morgan fingerprint density at radius 2 is 2.05 bits per heavy atom. The van der Waals surface area contributed by atoms with Crippen LogP contribution in [0.3, 0.4) is 0 Å².